The lowest BCUT2D eigenvalue weighted by Gasteiger charge is -2.10. The number of ether oxygens (including phenoxy) is 2. The molecule has 0 aliphatic carbocycles. The zero-order valence-corrected chi connectivity index (χ0v) is 9.39. The summed E-state index contributed by atoms with van der Waals surface area (Å²) in [5, 5.41) is 0. The molecule has 16 heavy (non-hydrogen) atoms. The Bertz CT molecular complexity index is 313. The van der Waals surface area contributed by atoms with Gasteiger partial charge in [0.2, 0.25) is 0 Å². The molecule has 0 saturated heterocycles. The number of carbonyl (C=O) groups is 1. The highest BCUT2D eigenvalue weighted by Gasteiger charge is 2.11. The number of nitrogens with two attached hydrogens (primary N) is 1. The minimum Gasteiger partial charge on any atom is -0.490 e. The molecule has 4 heteroatoms. The molecule has 0 fully saturated rings. The van der Waals surface area contributed by atoms with Gasteiger partial charge < -0.3 is 15.2 Å². The second-order valence-corrected chi connectivity index (χ2v) is 3.47. The van der Waals surface area contributed by atoms with Crippen LogP contribution in [0.1, 0.15) is 6.92 Å². The molecule has 88 valence electrons. The van der Waals surface area contributed by atoms with Gasteiger partial charge in [0.15, 0.2) is 0 Å². The van der Waals surface area contributed by atoms with Crippen LogP contribution in [0.2, 0.25) is 0 Å². The number of hydrogen-bond donors (Lipinski definition) is 1. The zero-order valence-electron chi connectivity index (χ0n) is 9.39. The lowest BCUT2D eigenvalue weighted by Crippen LogP contribution is -2.24. The first kappa shape index (κ1) is 12.5. The van der Waals surface area contributed by atoms with E-state index < -0.39 is 0 Å². The highest BCUT2D eigenvalue weighted by atomic mass is 16.6. The average molecular weight is 223 g/mol. The number of benzene rings is 1. The Morgan fingerprint density at radius 2 is 2.00 bits per heavy atom. The summed E-state index contributed by atoms with van der Waals surface area (Å²) in [5.74, 6) is 0.237. The Morgan fingerprint density at radius 3 is 2.62 bits per heavy atom. The molecular formula is C12H17NO3. The summed E-state index contributed by atoms with van der Waals surface area (Å²) >= 11 is 0. The number of hydrogen-bond acceptors (Lipinski definition) is 4. The molecule has 1 atom stereocenters. The van der Waals surface area contributed by atoms with Crippen LogP contribution in [-0.4, -0.2) is 25.7 Å². The maximum absolute atomic E-state index is 11.2. The molecule has 1 unspecified atom stereocenters. The van der Waals surface area contributed by atoms with Crippen LogP contribution in [0.25, 0.3) is 0 Å². The van der Waals surface area contributed by atoms with Crippen LogP contribution in [0.3, 0.4) is 0 Å². The van der Waals surface area contributed by atoms with Crippen molar-refractivity contribution in [3.05, 3.63) is 30.3 Å². The van der Waals surface area contributed by atoms with E-state index >= 15 is 0 Å². The van der Waals surface area contributed by atoms with Gasteiger partial charge in [-0.3, -0.25) is 4.79 Å². The maximum atomic E-state index is 11.2. The Labute approximate surface area is 95.3 Å². The Hall–Kier alpha value is -1.55. The number of rotatable bonds is 6. The first-order valence-electron chi connectivity index (χ1n) is 5.28. The van der Waals surface area contributed by atoms with Crippen LogP contribution in [0.15, 0.2) is 30.3 Å². The van der Waals surface area contributed by atoms with Gasteiger partial charge in [0, 0.05) is 6.54 Å². The SMILES string of the molecule is CC(CN)C(=O)OCCOc1ccccc1. The summed E-state index contributed by atoms with van der Waals surface area (Å²) in [4.78, 5) is 11.2. The zero-order chi connectivity index (χ0) is 11.8. The van der Waals surface area contributed by atoms with Crippen molar-refractivity contribution in [3.8, 4) is 5.75 Å². The Kier molecular flexibility index (Phi) is 5.36. The van der Waals surface area contributed by atoms with Gasteiger partial charge in [-0.25, -0.2) is 0 Å². The van der Waals surface area contributed by atoms with Crippen molar-refractivity contribution in [3.63, 3.8) is 0 Å². The first-order chi connectivity index (χ1) is 7.74. The molecule has 0 spiro atoms. The van der Waals surface area contributed by atoms with Gasteiger partial charge in [-0.2, -0.15) is 0 Å². The Balaban J connectivity index is 2.15. The number of esters is 1. The number of para-hydroxylation sites is 1. The molecule has 0 aliphatic rings. The molecule has 0 amide bonds. The molecule has 0 aliphatic heterocycles. The van der Waals surface area contributed by atoms with Crippen LogP contribution >= 0.6 is 0 Å². The smallest absolute Gasteiger partial charge is 0.310 e. The summed E-state index contributed by atoms with van der Waals surface area (Å²) in [5.41, 5.74) is 5.34. The van der Waals surface area contributed by atoms with Crippen molar-refractivity contribution in [2.75, 3.05) is 19.8 Å². The van der Waals surface area contributed by atoms with Gasteiger partial charge in [0.05, 0.1) is 5.92 Å². The fraction of sp³-hybridized carbons (Fsp3) is 0.417. The molecule has 0 aromatic heterocycles. The third-order valence-corrected chi connectivity index (χ3v) is 2.10. The lowest BCUT2D eigenvalue weighted by atomic mass is 10.2. The second kappa shape index (κ2) is 6.85. The third kappa shape index (κ3) is 4.31. The van der Waals surface area contributed by atoms with Gasteiger partial charge >= 0.3 is 5.97 Å². The van der Waals surface area contributed by atoms with E-state index in [1.807, 2.05) is 30.3 Å². The summed E-state index contributed by atoms with van der Waals surface area (Å²) < 4.78 is 10.3. The normalized spacial score (nSPS) is 11.9. The molecule has 4 nitrogen and oxygen atoms in total. The van der Waals surface area contributed by atoms with Crippen molar-refractivity contribution in [1.29, 1.82) is 0 Å². The summed E-state index contributed by atoms with van der Waals surface area (Å²) in [6.45, 7) is 2.64. The van der Waals surface area contributed by atoms with E-state index in [1.165, 1.54) is 0 Å². The van der Waals surface area contributed by atoms with Crippen LogP contribution in [0, 0.1) is 5.92 Å². The molecule has 2 N–H and O–H groups in total. The van der Waals surface area contributed by atoms with Crippen LogP contribution in [0.5, 0.6) is 5.75 Å². The van der Waals surface area contributed by atoms with E-state index in [0.717, 1.165) is 5.75 Å². The van der Waals surface area contributed by atoms with Gasteiger partial charge in [0.1, 0.15) is 19.0 Å². The fourth-order valence-corrected chi connectivity index (χ4v) is 1.06. The molecule has 0 bridgehead atoms. The second-order valence-electron chi connectivity index (χ2n) is 3.47. The minimum absolute atomic E-state index is 0.248. The van der Waals surface area contributed by atoms with Gasteiger partial charge in [-0.1, -0.05) is 25.1 Å². The molecule has 1 aromatic rings. The number of carbonyl (C=O) groups excluding carboxylic acids is 1. The largest absolute Gasteiger partial charge is 0.490 e. The summed E-state index contributed by atoms with van der Waals surface area (Å²) in [6, 6.07) is 9.39. The maximum Gasteiger partial charge on any atom is 0.310 e. The monoisotopic (exact) mass is 223 g/mol. The van der Waals surface area contributed by atoms with Crippen LogP contribution in [0.4, 0.5) is 0 Å². The molecule has 0 radical (unpaired) electrons. The van der Waals surface area contributed by atoms with E-state index in [1.54, 1.807) is 6.92 Å². The minimum atomic E-state index is -0.279. The van der Waals surface area contributed by atoms with Crippen molar-refractivity contribution in [2.45, 2.75) is 6.92 Å². The highest BCUT2D eigenvalue weighted by Crippen LogP contribution is 2.07. The van der Waals surface area contributed by atoms with E-state index in [2.05, 4.69) is 0 Å². The van der Waals surface area contributed by atoms with Crippen molar-refractivity contribution in [2.24, 2.45) is 11.7 Å². The topological polar surface area (TPSA) is 61.6 Å². The molecule has 1 rings (SSSR count). The van der Waals surface area contributed by atoms with Crippen molar-refractivity contribution < 1.29 is 14.3 Å². The standard InChI is InChI=1S/C12H17NO3/c1-10(9-13)12(14)16-8-7-15-11-5-3-2-4-6-11/h2-6,10H,7-9,13H2,1H3. The Morgan fingerprint density at radius 1 is 1.31 bits per heavy atom. The average Bonchev–Trinajstić information content (AvgIpc) is 2.34. The van der Waals surface area contributed by atoms with E-state index in [-0.39, 0.29) is 18.5 Å². The van der Waals surface area contributed by atoms with Crippen molar-refractivity contribution in [1.82, 2.24) is 0 Å². The van der Waals surface area contributed by atoms with Gasteiger partial charge in [0.25, 0.3) is 0 Å². The van der Waals surface area contributed by atoms with Gasteiger partial charge in [-0.15, -0.1) is 0 Å². The van der Waals surface area contributed by atoms with E-state index in [0.29, 0.717) is 13.2 Å². The predicted molar refractivity (Wildman–Crippen MR) is 61.1 cm³/mol. The van der Waals surface area contributed by atoms with E-state index in [9.17, 15) is 4.79 Å². The highest BCUT2D eigenvalue weighted by molar-refractivity contribution is 5.72. The van der Waals surface area contributed by atoms with E-state index in [4.69, 9.17) is 15.2 Å². The third-order valence-electron chi connectivity index (χ3n) is 2.10. The molecule has 1 aromatic carbocycles. The van der Waals surface area contributed by atoms with Gasteiger partial charge in [-0.05, 0) is 12.1 Å². The first-order valence-corrected chi connectivity index (χ1v) is 5.28. The predicted octanol–water partition coefficient (Wildman–Crippen LogP) is 1.20. The molecule has 0 heterocycles. The lowest BCUT2D eigenvalue weighted by molar-refractivity contribution is -0.148. The quantitative estimate of drug-likeness (QED) is 0.581. The molecule has 0 saturated carbocycles. The molecular weight excluding hydrogens is 206 g/mol. The summed E-state index contributed by atoms with van der Waals surface area (Å²) in [6.07, 6.45) is 0. The fourth-order valence-electron chi connectivity index (χ4n) is 1.06. The van der Waals surface area contributed by atoms with Crippen molar-refractivity contribution >= 4 is 5.97 Å². The van der Waals surface area contributed by atoms with Crippen LogP contribution < -0.4 is 10.5 Å². The summed E-state index contributed by atoms with van der Waals surface area (Å²) in [7, 11) is 0. The van der Waals surface area contributed by atoms with Crippen LogP contribution in [-0.2, 0) is 9.53 Å².